The number of hydrogen-bond donors (Lipinski definition) is 2. The maximum Gasteiger partial charge on any atom is 0.251 e. The molecule has 0 saturated heterocycles. The van der Waals surface area contributed by atoms with E-state index >= 15 is 0 Å². The van der Waals surface area contributed by atoms with Gasteiger partial charge in [0.05, 0.1) is 0 Å². The Labute approximate surface area is 170 Å². The molecule has 2 aromatic carbocycles. The van der Waals surface area contributed by atoms with E-state index in [1.54, 1.807) is 24.3 Å². The lowest BCUT2D eigenvalue weighted by atomic mass is 10.0. The van der Waals surface area contributed by atoms with Crippen LogP contribution in [0.25, 0.3) is 0 Å². The highest BCUT2D eigenvalue weighted by Crippen LogP contribution is 2.37. The zero-order valence-corrected chi connectivity index (χ0v) is 16.2. The van der Waals surface area contributed by atoms with Gasteiger partial charge in [-0.1, -0.05) is 30.3 Å². The summed E-state index contributed by atoms with van der Waals surface area (Å²) in [5.74, 6) is 2.33. The molecule has 0 saturated carbocycles. The molecular weight excluding hydrogens is 364 g/mol. The van der Waals surface area contributed by atoms with E-state index in [9.17, 15) is 9.59 Å². The molecule has 0 bridgehead atoms. The van der Waals surface area contributed by atoms with Gasteiger partial charge in [0.25, 0.3) is 5.91 Å². The van der Waals surface area contributed by atoms with Crippen molar-refractivity contribution in [2.75, 3.05) is 11.9 Å². The van der Waals surface area contributed by atoms with E-state index < -0.39 is 5.66 Å². The van der Waals surface area contributed by atoms with Gasteiger partial charge in [-0.2, -0.15) is 10.2 Å². The monoisotopic (exact) mass is 388 g/mol. The second-order valence-corrected chi connectivity index (χ2v) is 7.00. The second kappa shape index (κ2) is 9.65. The molecule has 0 atom stereocenters. The molecule has 2 aromatic rings. The number of benzene rings is 2. The number of anilines is 1. The van der Waals surface area contributed by atoms with Crippen LogP contribution in [0.4, 0.5) is 5.69 Å². The molecule has 0 spiro atoms. The normalized spacial score (nSPS) is 13.3. The van der Waals surface area contributed by atoms with Crippen molar-refractivity contribution < 1.29 is 9.59 Å². The van der Waals surface area contributed by atoms with Gasteiger partial charge in [-0.05, 0) is 36.2 Å². The lowest BCUT2D eigenvalue weighted by Crippen LogP contribution is -2.25. The van der Waals surface area contributed by atoms with Gasteiger partial charge in [-0.15, -0.1) is 12.3 Å². The molecule has 1 aliphatic heterocycles. The third-order valence-corrected chi connectivity index (χ3v) is 4.78. The van der Waals surface area contributed by atoms with Crippen molar-refractivity contribution in [3.05, 3.63) is 65.7 Å². The van der Waals surface area contributed by atoms with E-state index in [-0.39, 0.29) is 11.8 Å². The Balaban J connectivity index is 1.40. The molecule has 0 fully saturated rings. The molecule has 6 nitrogen and oxygen atoms in total. The first-order chi connectivity index (χ1) is 14.1. The number of rotatable bonds is 10. The first kappa shape index (κ1) is 20.3. The van der Waals surface area contributed by atoms with Gasteiger partial charge in [-0.3, -0.25) is 9.59 Å². The van der Waals surface area contributed by atoms with Gasteiger partial charge in [-0.25, -0.2) is 0 Å². The number of carbonyl (C=O) groups excluding carboxylic acids is 2. The minimum absolute atomic E-state index is 0.109. The maximum absolute atomic E-state index is 12.2. The average molecular weight is 388 g/mol. The van der Waals surface area contributed by atoms with Crippen LogP contribution >= 0.6 is 0 Å². The van der Waals surface area contributed by atoms with E-state index in [1.165, 1.54) is 5.56 Å². The molecule has 0 aliphatic carbocycles. The molecule has 1 heterocycles. The zero-order chi connectivity index (χ0) is 20.5. The summed E-state index contributed by atoms with van der Waals surface area (Å²) in [7, 11) is 0. The van der Waals surface area contributed by atoms with Crippen LogP contribution in [0.3, 0.4) is 0 Å². The smallest absolute Gasteiger partial charge is 0.251 e. The Hall–Kier alpha value is -3.46. The van der Waals surface area contributed by atoms with E-state index in [0.29, 0.717) is 43.5 Å². The highest BCUT2D eigenvalue weighted by molar-refractivity contribution is 5.95. The van der Waals surface area contributed by atoms with Crippen molar-refractivity contribution in [3.8, 4) is 12.3 Å². The van der Waals surface area contributed by atoms with Gasteiger partial charge in [0.1, 0.15) is 0 Å². The van der Waals surface area contributed by atoms with Gasteiger partial charge in [0.2, 0.25) is 5.91 Å². The summed E-state index contributed by atoms with van der Waals surface area (Å²) < 4.78 is 0. The van der Waals surface area contributed by atoms with Crippen molar-refractivity contribution in [3.63, 3.8) is 0 Å². The second-order valence-electron chi connectivity index (χ2n) is 7.00. The lowest BCUT2D eigenvalue weighted by Gasteiger charge is -2.10. The number of nitrogens with zero attached hydrogens (tertiary/aromatic N) is 2. The highest BCUT2D eigenvalue weighted by atomic mass is 16.2. The van der Waals surface area contributed by atoms with E-state index in [4.69, 9.17) is 6.42 Å². The van der Waals surface area contributed by atoms with E-state index in [2.05, 4.69) is 26.8 Å². The molecule has 2 amide bonds. The number of terminal acetylenes is 1. The molecule has 29 heavy (non-hydrogen) atoms. The summed E-state index contributed by atoms with van der Waals surface area (Å²) in [6, 6.07) is 16.9. The fourth-order valence-corrected chi connectivity index (χ4v) is 2.98. The van der Waals surface area contributed by atoms with Crippen molar-refractivity contribution in [2.45, 2.75) is 37.8 Å². The number of nitrogens with one attached hydrogen (secondary N) is 2. The molecule has 6 heteroatoms. The van der Waals surface area contributed by atoms with E-state index in [1.807, 2.05) is 30.3 Å². The minimum Gasteiger partial charge on any atom is -0.352 e. The van der Waals surface area contributed by atoms with Crippen LogP contribution in [0, 0.1) is 12.3 Å². The van der Waals surface area contributed by atoms with Crippen molar-refractivity contribution in [2.24, 2.45) is 10.2 Å². The van der Waals surface area contributed by atoms with Crippen LogP contribution in [-0.4, -0.2) is 24.0 Å². The van der Waals surface area contributed by atoms with Crippen LogP contribution < -0.4 is 10.6 Å². The fraction of sp³-hybridized carbons (Fsp3) is 0.304. The lowest BCUT2D eigenvalue weighted by molar-refractivity contribution is -0.116. The zero-order valence-electron chi connectivity index (χ0n) is 16.2. The maximum atomic E-state index is 12.2. The van der Waals surface area contributed by atoms with Crippen LogP contribution in [0.1, 0.15) is 41.6 Å². The molecular formula is C23H24N4O2. The Kier molecular flexibility index (Phi) is 6.75. The molecule has 0 radical (unpaired) electrons. The van der Waals surface area contributed by atoms with Crippen molar-refractivity contribution >= 4 is 17.5 Å². The summed E-state index contributed by atoms with van der Waals surface area (Å²) >= 11 is 0. The van der Waals surface area contributed by atoms with Gasteiger partial charge in [0.15, 0.2) is 5.66 Å². The summed E-state index contributed by atoms with van der Waals surface area (Å²) in [6.45, 7) is 0.568. The average Bonchev–Trinajstić information content (AvgIpc) is 3.52. The summed E-state index contributed by atoms with van der Waals surface area (Å²) in [5.41, 5.74) is 1.93. The fourth-order valence-electron chi connectivity index (χ4n) is 2.98. The summed E-state index contributed by atoms with van der Waals surface area (Å²) in [6.07, 6.45) is 8.21. The first-order valence-electron chi connectivity index (χ1n) is 9.70. The Morgan fingerprint density at radius 3 is 2.38 bits per heavy atom. The van der Waals surface area contributed by atoms with Crippen LogP contribution in [-0.2, 0) is 11.2 Å². The van der Waals surface area contributed by atoms with Gasteiger partial charge in [0, 0.05) is 43.5 Å². The number of hydrogen-bond acceptors (Lipinski definition) is 4. The standard InChI is InChI=1S/C23H24N4O2/c1-2-3-15-23(26-27-23)16-13-21(28)25-20-11-9-19(10-12-20)22(29)24-17-14-18-7-5-4-6-8-18/h1,4-12H,3,13-17H2,(H,24,29)(H,25,28). The summed E-state index contributed by atoms with van der Waals surface area (Å²) in [4.78, 5) is 24.4. The molecule has 1 aliphatic rings. The predicted octanol–water partition coefficient (Wildman–Crippen LogP) is 3.95. The minimum atomic E-state index is -0.453. The molecule has 3 rings (SSSR count). The first-order valence-corrected chi connectivity index (χ1v) is 9.70. The number of amides is 2. The van der Waals surface area contributed by atoms with Crippen molar-refractivity contribution in [1.29, 1.82) is 0 Å². The molecule has 2 N–H and O–H groups in total. The summed E-state index contributed by atoms with van der Waals surface area (Å²) in [5, 5.41) is 13.8. The molecule has 148 valence electrons. The van der Waals surface area contributed by atoms with Crippen molar-refractivity contribution in [1.82, 2.24) is 5.32 Å². The highest BCUT2D eigenvalue weighted by Gasteiger charge is 2.39. The Morgan fingerprint density at radius 1 is 1.00 bits per heavy atom. The topological polar surface area (TPSA) is 82.9 Å². The van der Waals surface area contributed by atoms with E-state index in [0.717, 1.165) is 6.42 Å². The van der Waals surface area contributed by atoms with Gasteiger partial charge < -0.3 is 10.6 Å². The van der Waals surface area contributed by atoms with Crippen LogP contribution in [0.15, 0.2) is 64.8 Å². The number of carbonyl (C=O) groups is 2. The predicted molar refractivity (Wildman–Crippen MR) is 112 cm³/mol. The Morgan fingerprint density at radius 2 is 1.72 bits per heavy atom. The van der Waals surface area contributed by atoms with Crippen LogP contribution in [0.2, 0.25) is 0 Å². The van der Waals surface area contributed by atoms with Crippen LogP contribution in [0.5, 0.6) is 0 Å². The Bertz CT molecular complexity index is 908. The molecule has 0 unspecified atom stereocenters. The quantitative estimate of drug-likeness (QED) is 0.604. The third kappa shape index (κ3) is 6.28. The largest absolute Gasteiger partial charge is 0.352 e. The SMILES string of the molecule is C#CCCC1(CCC(=O)Nc2ccc(C(=O)NCCc3ccccc3)cc2)N=N1. The third-order valence-electron chi connectivity index (χ3n) is 4.78. The molecule has 0 aromatic heterocycles. The van der Waals surface area contributed by atoms with Gasteiger partial charge >= 0.3 is 0 Å².